The molecule has 1 aromatic carbocycles. The molecule has 1 aliphatic rings. The Balaban J connectivity index is 1.75. The summed E-state index contributed by atoms with van der Waals surface area (Å²) in [6.07, 6.45) is 1.83. The minimum absolute atomic E-state index is 0.0824. The number of likely N-dealkylation sites (N-methyl/N-ethyl adjacent to an activating group) is 1. The van der Waals surface area contributed by atoms with Gasteiger partial charge < -0.3 is 10.0 Å². The largest absolute Gasteiger partial charge is 0.480 e. The third kappa shape index (κ3) is 3.75. The first-order valence-corrected chi connectivity index (χ1v) is 9.14. The van der Waals surface area contributed by atoms with Gasteiger partial charge in [-0.3, -0.25) is 9.80 Å². The van der Waals surface area contributed by atoms with Crippen molar-refractivity contribution in [2.24, 2.45) is 5.10 Å². The van der Waals surface area contributed by atoms with E-state index in [1.807, 2.05) is 30.5 Å². The highest BCUT2D eigenvalue weighted by Gasteiger charge is 2.37. The average molecular weight is 372 g/mol. The first-order valence-electron chi connectivity index (χ1n) is 8.26. The van der Waals surface area contributed by atoms with Gasteiger partial charge in [-0.2, -0.15) is 5.10 Å². The van der Waals surface area contributed by atoms with Gasteiger partial charge in [-0.05, 0) is 12.1 Å². The van der Waals surface area contributed by atoms with E-state index < -0.39 is 12.0 Å². The highest BCUT2D eigenvalue weighted by Crippen LogP contribution is 2.25. The number of hydrogen-bond donors (Lipinski definition) is 1. The summed E-state index contributed by atoms with van der Waals surface area (Å²) in [7, 11) is 1.70. The van der Waals surface area contributed by atoms with Crippen LogP contribution in [-0.4, -0.2) is 52.2 Å². The van der Waals surface area contributed by atoms with E-state index in [1.165, 1.54) is 5.01 Å². The molecule has 136 valence electrons. The number of rotatable bonds is 6. The molecule has 2 aromatic rings. The fourth-order valence-electron chi connectivity index (χ4n) is 2.92. The third-order valence-corrected chi connectivity index (χ3v) is 5.24. The van der Waals surface area contributed by atoms with Gasteiger partial charge in [-0.15, -0.1) is 11.3 Å². The Morgan fingerprint density at radius 1 is 1.38 bits per heavy atom. The molecule has 1 amide bonds. The van der Waals surface area contributed by atoms with E-state index >= 15 is 0 Å². The Morgan fingerprint density at radius 3 is 2.73 bits per heavy atom. The number of amides is 1. The van der Waals surface area contributed by atoms with Crippen molar-refractivity contribution in [3.63, 3.8) is 0 Å². The van der Waals surface area contributed by atoms with Gasteiger partial charge in [-0.1, -0.05) is 25.1 Å². The maximum Gasteiger partial charge on any atom is 0.328 e. The van der Waals surface area contributed by atoms with Crippen molar-refractivity contribution in [1.29, 1.82) is 0 Å². The van der Waals surface area contributed by atoms with Gasteiger partial charge >= 0.3 is 5.97 Å². The summed E-state index contributed by atoms with van der Waals surface area (Å²) in [6, 6.07) is 8.15. The molecule has 0 fully saturated rings. The van der Waals surface area contributed by atoms with Crippen LogP contribution in [0.25, 0.3) is 0 Å². The number of nitrogens with zero attached hydrogens (tertiary/aromatic N) is 4. The number of benzene rings is 1. The summed E-state index contributed by atoms with van der Waals surface area (Å²) in [6.45, 7) is 2.50. The molecule has 0 saturated carbocycles. The van der Waals surface area contributed by atoms with Gasteiger partial charge in [0.25, 0.3) is 5.91 Å². The molecule has 0 saturated heterocycles. The fourth-order valence-corrected chi connectivity index (χ4v) is 3.61. The quantitative estimate of drug-likeness (QED) is 0.842. The van der Waals surface area contributed by atoms with Crippen LogP contribution in [0.4, 0.5) is 5.69 Å². The van der Waals surface area contributed by atoms with Crippen LogP contribution in [0.3, 0.4) is 0 Å². The number of hydrogen-bond acceptors (Lipinski definition) is 6. The smallest absolute Gasteiger partial charge is 0.328 e. The number of para-hydroxylation sites is 1. The van der Waals surface area contributed by atoms with Crippen molar-refractivity contribution >= 4 is 34.6 Å². The van der Waals surface area contributed by atoms with E-state index in [0.29, 0.717) is 12.2 Å². The van der Waals surface area contributed by atoms with Gasteiger partial charge in [0.2, 0.25) is 0 Å². The predicted octanol–water partition coefficient (Wildman–Crippen LogP) is 2.42. The van der Waals surface area contributed by atoms with Gasteiger partial charge in [0.15, 0.2) is 6.04 Å². The number of anilines is 1. The fraction of sp³-hybridized carbons (Fsp3) is 0.333. The molecule has 26 heavy (non-hydrogen) atoms. The zero-order chi connectivity index (χ0) is 18.7. The van der Waals surface area contributed by atoms with Gasteiger partial charge in [-0.25, -0.2) is 9.78 Å². The van der Waals surface area contributed by atoms with Crippen LogP contribution >= 0.6 is 11.3 Å². The number of carbonyl (C=O) groups is 2. The van der Waals surface area contributed by atoms with Gasteiger partial charge in [0.05, 0.1) is 10.7 Å². The van der Waals surface area contributed by atoms with Crippen LogP contribution < -0.4 is 5.01 Å². The van der Waals surface area contributed by atoms with Gasteiger partial charge in [0.1, 0.15) is 5.71 Å². The lowest BCUT2D eigenvalue weighted by Gasteiger charge is -2.20. The minimum atomic E-state index is -1.00. The Hall–Kier alpha value is -2.74. The molecule has 1 aromatic heterocycles. The van der Waals surface area contributed by atoms with E-state index in [1.54, 1.807) is 41.6 Å². The van der Waals surface area contributed by atoms with E-state index in [4.69, 9.17) is 0 Å². The van der Waals surface area contributed by atoms with Crippen molar-refractivity contribution in [3.8, 4) is 0 Å². The van der Waals surface area contributed by atoms with E-state index in [-0.39, 0.29) is 24.0 Å². The Bertz CT molecular complexity index is 807. The average Bonchev–Trinajstić information content (AvgIpc) is 3.31. The maximum absolute atomic E-state index is 12.8. The number of aliphatic carboxylic acids is 1. The lowest BCUT2D eigenvalue weighted by atomic mass is 10.1. The zero-order valence-corrected chi connectivity index (χ0v) is 15.4. The lowest BCUT2D eigenvalue weighted by molar-refractivity contribution is -0.138. The van der Waals surface area contributed by atoms with E-state index in [0.717, 1.165) is 5.01 Å². The zero-order valence-electron chi connectivity index (χ0n) is 14.6. The topological polar surface area (TPSA) is 86.1 Å². The third-order valence-electron chi connectivity index (χ3n) is 4.23. The van der Waals surface area contributed by atoms with Crippen LogP contribution in [0.15, 0.2) is 47.0 Å². The highest BCUT2D eigenvalue weighted by molar-refractivity contribution is 7.09. The second-order valence-corrected chi connectivity index (χ2v) is 7.17. The number of carbonyl (C=O) groups excluding carboxylic acids is 1. The number of carboxylic acids is 1. The molecule has 0 aliphatic carbocycles. The Kier molecular flexibility index (Phi) is 5.32. The highest BCUT2D eigenvalue weighted by atomic mass is 32.1. The van der Waals surface area contributed by atoms with Crippen LogP contribution in [0.5, 0.6) is 0 Å². The first-order chi connectivity index (χ1) is 12.5. The Labute approximate surface area is 155 Å². The van der Waals surface area contributed by atoms with Crippen molar-refractivity contribution in [2.75, 3.05) is 18.6 Å². The molecule has 2 atom stereocenters. The van der Waals surface area contributed by atoms with Crippen LogP contribution in [0, 0.1) is 0 Å². The summed E-state index contributed by atoms with van der Waals surface area (Å²) >= 11 is 1.55. The Morgan fingerprint density at radius 2 is 2.12 bits per heavy atom. The summed E-state index contributed by atoms with van der Waals surface area (Å²) in [5, 5.41) is 18.1. The molecule has 1 N–H and O–H groups in total. The lowest BCUT2D eigenvalue weighted by Crippen LogP contribution is -2.37. The molecule has 7 nitrogen and oxygen atoms in total. The van der Waals surface area contributed by atoms with Crippen molar-refractivity contribution in [2.45, 2.75) is 25.3 Å². The van der Waals surface area contributed by atoms with E-state index in [9.17, 15) is 14.7 Å². The summed E-state index contributed by atoms with van der Waals surface area (Å²) in [5.74, 6) is -1.15. The maximum atomic E-state index is 12.8. The molecular formula is C18H20N4O3S. The molecule has 1 aliphatic heterocycles. The van der Waals surface area contributed by atoms with Crippen molar-refractivity contribution in [1.82, 2.24) is 9.88 Å². The molecule has 8 heteroatoms. The molecule has 0 spiro atoms. The summed E-state index contributed by atoms with van der Waals surface area (Å²) < 4.78 is 0. The number of carboxylic acid groups (broad SMARTS) is 1. The van der Waals surface area contributed by atoms with Crippen LogP contribution in [0.1, 0.15) is 24.3 Å². The SMILES string of the molecule is CC(CN(C)C(=O)C1=NN(c2ccccc2)C(C(=O)O)C1)c1nccs1. The second kappa shape index (κ2) is 7.65. The van der Waals surface area contributed by atoms with E-state index in [2.05, 4.69) is 10.1 Å². The second-order valence-electron chi connectivity index (χ2n) is 6.24. The number of aromatic nitrogens is 1. The molecule has 3 rings (SSSR count). The molecular weight excluding hydrogens is 352 g/mol. The normalized spacial score (nSPS) is 17.7. The predicted molar refractivity (Wildman–Crippen MR) is 101 cm³/mol. The van der Waals surface area contributed by atoms with Gasteiger partial charge in [0, 0.05) is 37.5 Å². The van der Waals surface area contributed by atoms with Crippen molar-refractivity contribution < 1.29 is 14.7 Å². The summed E-state index contributed by atoms with van der Waals surface area (Å²) in [5.41, 5.74) is 0.914. The van der Waals surface area contributed by atoms with Crippen LogP contribution in [0.2, 0.25) is 0 Å². The monoisotopic (exact) mass is 372 g/mol. The standard InChI is InChI=1S/C18H20N4O3S/c1-12(16-19-8-9-26-16)11-21(2)17(23)14-10-15(18(24)25)22(20-14)13-6-4-3-5-7-13/h3-9,12,15H,10-11H2,1-2H3,(H,24,25). The molecule has 0 bridgehead atoms. The van der Waals surface area contributed by atoms with Crippen LogP contribution in [-0.2, 0) is 9.59 Å². The number of thiazole rings is 1. The minimum Gasteiger partial charge on any atom is -0.480 e. The molecule has 0 radical (unpaired) electrons. The summed E-state index contributed by atoms with van der Waals surface area (Å²) in [4.78, 5) is 30.2. The number of hydrazone groups is 1. The molecule has 2 heterocycles. The molecule has 2 unspecified atom stereocenters. The van der Waals surface area contributed by atoms with Crippen molar-refractivity contribution in [3.05, 3.63) is 46.9 Å². The first kappa shape index (κ1) is 18.1.